The average molecular weight is 426 g/mol. The summed E-state index contributed by atoms with van der Waals surface area (Å²) >= 11 is 0. The van der Waals surface area contributed by atoms with Crippen molar-refractivity contribution in [3.05, 3.63) is 71.5 Å². The Bertz CT molecular complexity index is 902. The van der Waals surface area contributed by atoms with Gasteiger partial charge in [0.2, 0.25) is 5.91 Å². The first-order valence-electron chi connectivity index (χ1n) is 10.7. The molecule has 6 nitrogen and oxygen atoms in total. The van der Waals surface area contributed by atoms with Crippen LogP contribution in [0.5, 0.6) is 0 Å². The van der Waals surface area contributed by atoms with Gasteiger partial charge in [0.25, 0.3) is 0 Å². The molecule has 1 N–H and O–H groups in total. The van der Waals surface area contributed by atoms with E-state index in [1.807, 2.05) is 37.3 Å². The number of carbonyl (C=O) groups is 3. The Balaban J connectivity index is 1.51. The zero-order valence-corrected chi connectivity index (χ0v) is 17.7. The highest BCUT2D eigenvalue weighted by molar-refractivity contribution is 6.35. The Labute approximate surface area is 182 Å². The molecule has 1 atom stereocenters. The van der Waals surface area contributed by atoms with Gasteiger partial charge in [-0.1, -0.05) is 49.4 Å². The summed E-state index contributed by atoms with van der Waals surface area (Å²) in [6, 6.07) is 15.2. The highest BCUT2D eigenvalue weighted by atomic mass is 19.1. The van der Waals surface area contributed by atoms with Crippen molar-refractivity contribution < 1.29 is 18.8 Å². The lowest BCUT2D eigenvalue weighted by Gasteiger charge is -2.37. The molecule has 2 aromatic carbocycles. The van der Waals surface area contributed by atoms with E-state index in [-0.39, 0.29) is 18.3 Å². The van der Waals surface area contributed by atoms with Crippen LogP contribution in [0, 0.1) is 5.82 Å². The van der Waals surface area contributed by atoms with E-state index in [2.05, 4.69) is 5.32 Å². The lowest BCUT2D eigenvalue weighted by atomic mass is 10.1. The Kier molecular flexibility index (Phi) is 7.76. The van der Waals surface area contributed by atoms with Gasteiger partial charge in [0.05, 0.1) is 0 Å². The van der Waals surface area contributed by atoms with Crippen molar-refractivity contribution in [3.8, 4) is 0 Å². The molecule has 31 heavy (non-hydrogen) atoms. The van der Waals surface area contributed by atoms with Gasteiger partial charge in [0, 0.05) is 26.2 Å². The van der Waals surface area contributed by atoms with E-state index < -0.39 is 17.9 Å². The number of benzene rings is 2. The van der Waals surface area contributed by atoms with Crippen molar-refractivity contribution in [1.29, 1.82) is 0 Å². The Morgan fingerprint density at radius 3 is 2.39 bits per heavy atom. The number of amides is 3. The van der Waals surface area contributed by atoms with Gasteiger partial charge in [-0.05, 0) is 42.5 Å². The summed E-state index contributed by atoms with van der Waals surface area (Å²) in [5.74, 6) is -1.88. The first kappa shape index (κ1) is 22.5. The van der Waals surface area contributed by atoms with Crippen LogP contribution < -0.4 is 5.32 Å². The summed E-state index contributed by atoms with van der Waals surface area (Å²) in [6.45, 7) is 3.20. The van der Waals surface area contributed by atoms with E-state index >= 15 is 0 Å². The largest absolute Gasteiger partial charge is 0.354 e. The Morgan fingerprint density at radius 1 is 1.00 bits per heavy atom. The highest BCUT2D eigenvalue weighted by Crippen LogP contribution is 2.15. The SMILES string of the molecule is CC[C@H](C(=O)NCCCc1ccccc1)N1CCN(Cc2ccc(F)cc2)C(=O)C1=O. The number of halogens is 1. The zero-order chi connectivity index (χ0) is 22.2. The maximum absolute atomic E-state index is 13.1. The minimum atomic E-state index is -0.667. The molecule has 0 unspecified atom stereocenters. The lowest BCUT2D eigenvalue weighted by molar-refractivity contribution is -0.159. The molecule has 164 valence electrons. The van der Waals surface area contributed by atoms with Gasteiger partial charge in [-0.25, -0.2) is 4.39 Å². The Morgan fingerprint density at radius 2 is 1.71 bits per heavy atom. The normalized spacial score (nSPS) is 15.2. The average Bonchev–Trinajstić information content (AvgIpc) is 2.78. The van der Waals surface area contributed by atoms with Crippen LogP contribution in [0.25, 0.3) is 0 Å². The van der Waals surface area contributed by atoms with E-state index in [0.717, 1.165) is 18.4 Å². The molecular weight excluding hydrogens is 397 g/mol. The van der Waals surface area contributed by atoms with Crippen molar-refractivity contribution >= 4 is 17.7 Å². The van der Waals surface area contributed by atoms with Gasteiger partial charge >= 0.3 is 11.8 Å². The van der Waals surface area contributed by atoms with Crippen LogP contribution in [-0.2, 0) is 27.3 Å². The molecule has 3 rings (SSSR count). The quantitative estimate of drug-likeness (QED) is 0.496. The zero-order valence-electron chi connectivity index (χ0n) is 17.7. The van der Waals surface area contributed by atoms with Crippen LogP contribution in [0.15, 0.2) is 54.6 Å². The first-order valence-corrected chi connectivity index (χ1v) is 10.7. The van der Waals surface area contributed by atoms with Crippen molar-refractivity contribution in [2.24, 2.45) is 0 Å². The molecule has 0 radical (unpaired) electrons. The maximum Gasteiger partial charge on any atom is 0.312 e. The molecule has 0 saturated carbocycles. The van der Waals surface area contributed by atoms with Gasteiger partial charge in [-0.2, -0.15) is 0 Å². The van der Waals surface area contributed by atoms with Crippen molar-refractivity contribution in [1.82, 2.24) is 15.1 Å². The smallest absolute Gasteiger partial charge is 0.312 e. The van der Waals surface area contributed by atoms with Gasteiger partial charge in [0.1, 0.15) is 11.9 Å². The summed E-state index contributed by atoms with van der Waals surface area (Å²) in [4.78, 5) is 40.8. The van der Waals surface area contributed by atoms with E-state index in [0.29, 0.717) is 26.1 Å². The molecule has 1 heterocycles. The fourth-order valence-corrected chi connectivity index (χ4v) is 3.76. The van der Waals surface area contributed by atoms with E-state index in [9.17, 15) is 18.8 Å². The second-order valence-electron chi connectivity index (χ2n) is 7.66. The molecule has 0 spiro atoms. The molecule has 0 aliphatic carbocycles. The number of nitrogens with zero attached hydrogens (tertiary/aromatic N) is 2. The van der Waals surface area contributed by atoms with Crippen LogP contribution in [0.3, 0.4) is 0 Å². The summed E-state index contributed by atoms with van der Waals surface area (Å²) in [5, 5.41) is 2.90. The second kappa shape index (κ2) is 10.7. The summed E-state index contributed by atoms with van der Waals surface area (Å²) in [5.41, 5.74) is 1.96. The van der Waals surface area contributed by atoms with Crippen molar-refractivity contribution in [2.75, 3.05) is 19.6 Å². The minimum absolute atomic E-state index is 0.233. The van der Waals surface area contributed by atoms with Gasteiger partial charge in [-0.3, -0.25) is 14.4 Å². The molecule has 1 fully saturated rings. The molecule has 2 aromatic rings. The second-order valence-corrected chi connectivity index (χ2v) is 7.66. The standard InChI is InChI=1S/C24H28FN3O3/c1-2-21(22(29)26-14-6-9-18-7-4-3-5-8-18)28-16-15-27(23(30)24(28)31)17-19-10-12-20(25)13-11-19/h3-5,7-8,10-13,21H,2,6,9,14-17H2,1H3,(H,26,29)/t21-/m1/s1. The third kappa shape index (κ3) is 5.90. The number of rotatable bonds is 9. The van der Waals surface area contributed by atoms with E-state index in [1.165, 1.54) is 27.5 Å². The van der Waals surface area contributed by atoms with E-state index in [4.69, 9.17) is 0 Å². The summed E-state index contributed by atoms with van der Waals surface area (Å²) in [7, 11) is 0. The summed E-state index contributed by atoms with van der Waals surface area (Å²) < 4.78 is 13.1. The number of aryl methyl sites for hydroxylation is 1. The number of hydrogen-bond acceptors (Lipinski definition) is 3. The Hall–Kier alpha value is -3.22. The van der Waals surface area contributed by atoms with E-state index in [1.54, 1.807) is 12.1 Å². The van der Waals surface area contributed by atoms with Crippen LogP contribution in [0.4, 0.5) is 4.39 Å². The number of carbonyl (C=O) groups excluding carboxylic acids is 3. The topological polar surface area (TPSA) is 69.7 Å². The first-order chi connectivity index (χ1) is 15.0. The molecule has 1 aliphatic rings. The monoisotopic (exact) mass is 425 g/mol. The maximum atomic E-state index is 13.1. The fourth-order valence-electron chi connectivity index (χ4n) is 3.76. The molecule has 1 saturated heterocycles. The van der Waals surface area contributed by atoms with Gasteiger partial charge < -0.3 is 15.1 Å². The molecule has 0 aromatic heterocycles. The number of hydrogen-bond donors (Lipinski definition) is 1. The molecule has 3 amide bonds. The lowest BCUT2D eigenvalue weighted by Crippen LogP contribution is -2.60. The minimum Gasteiger partial charge on any atom is -0.354 e. The van der Waals surface area contributed by atoms with Crippen LogP contribution in [0.2, 0.25) is 0 Å². The predicted octanol–water partition coefficient (Wildman–Crippen LogP) is 2.52. The summed E-state index contributed by atoms with van der Waals surface area (Å²) in [6.07, 6.45) is 2.09. The van der Waals surface area contributed by atoms with Gasteiger partial charge in [0.15, 0.2) is 0 Å². The molecule has 0 bridgehead atoms. The molecule has 7 heteroatoms. The van der Waals surface area contributed by atoms with Crippen LogP contribution in [-0.4, -0.2) is 53.2 Å². The highest BCUT2D eigenvalue weighted by Gasteiger charge is 2.38. The molecule has 1 aliphatic heterocycles. The number of piperazine rings is 1. The van der Waals surface area contributed by atoms with Crippen LogP contribution in [0.1, 0.15) is 30.9 Å². The van der Waals surface area contributed by atoms with Crippen molar-refractivity contribution in [3.63, 3.8) is 0 Å². The number of nitrogens with one attached hydrogen (secondary N) is 1. The van der Waals surface area contributed by atoms with Gasteiger partial charge in [-0.15, -0.1) is 0 Å². The third-order valence-corrected chi connectivity index (χ3v) is 5.48. The van der Waals surface area contributed by atoms with Crippen LogP contribution >= 0.6 is 0 Å². The fraction of sp³-hybridized carbons (Fsp3) is 0.375. The predicted molar refractivity (Wildman–Crippen MR) is 115 cm³/mol. The van der Waals surface area contributed by atoms with Crippen molar-refractivity contribution in [2.45, 2.75) is 38.8 Å². The molecular formula is C24H28FN3O3. The third-order valence-electron chi connectivity index (χ3n) is 5.48.